The van der Waals surface area contributed by atoms with Gasteiger partial charge in [-0.15, -0.1) is 0 Å². The number of hydrogen-bond acceptors (Lipinski definition) is 1. The molecule has 2 aromatic carbocycles. The highest BCUT2D eigenvalue weighted by Crippen LogP contribution is 2.16. The molecule has 0 aliphatic carbocycles. The molecule has 0 amide bonds. The Kier molecular flexibility index (Phi) is 3.03. The predicted molar refractivity (Wildman–Crippen MR) is 80.4 cm³/mol. The Hall–Kier alpha value is -1.81. The topological polar surface area (TPSA) is 26.9 Å². The lowest BCUT2D eigenvalue weighted by Crippen LogP contribution is -2.22. The van der Waals surface area contributed by atoms with Crippen LogP contribution in [0.3, 0.4) is 0 Å². The summed E-state index contributed by atoms with van der Waals surface area (Å²) in [6.45, 7) is 0.583. The zero-order valence-electron chi connectivity index (χ0n) is 10.5. The molecule has 0 spiro atoms. The van der Waals surface area contributed by atoms with E-state index in [1.807, 2.05) is 55.6 Å². The summed E-state index contributed by atoms with van der Waals surface area (Å²) >= 11 is 3.46. The van der Waals surface area contributed by atoms with Crippen molar-refractivity contribution in [1.82, 2.24) is 9.13 Å². The predicted octanol–water partition coefficient (Wildman–Crippen LogP) is 3.15. The first-order valence-corrected chi connectivity index (χ1v) is 6.85. The zero-order valence-corrected chi connectivity index (χ0v) is 12.1. The van der Waals surface area contributed by atoms with Crippen molar-refractivity contribution in [3.05, 3.63) is 69.1 Å². The molecule has 1 aromatic heterocycles. The first-order chi connectivity index (χ1) is 9.16. The Bertz CT molecular complexity index is 801. The summed E-state index contributed by atoms with van der Waals surface area (Å²) in [5.41, 5.74) is 3.05. The quantitative estimate of drug-likeness (QED) is 0.713. The highest BCUT2D eigenvalue weighted by Gasteiger charge is 2.10. The van der Waals surface area contributed by atoms with Gasteiger partial charge in [0.1, 0.15) is 0 Å². The molecule has 0 aliphatic heterocycles. The number of benzene rings is 2. The van der Waals surface area contributed by atoms with Gasteiger partial charge in [-0.05, 0) is 29.8 Å². The minimum atomic E-state index is 0.0150. The van der Waals surface area contributed by atoms with Crippen molar-refractivity contribution in [2.24, 2.45) is 7.05 Å². The number of aromatic nitrogens is 2. The van der Waals surface area contributed by atoms with Crippen molar-refractivity contribution in [2.45, 2.75) is 6.54 Å². The van der Waals surface area contributed by atoms with Gasteiger partial charge in [0.25, 0.3) is 0 Å². The summed E-state index contributed by atoms with van der Waals surface area (Å²) in [6.07, 6.45) is 0. The van der Waals surface area contributed by atoms with Gasteiger partial charge in [-0.2, -0.15) is 0 Å². The molecular formula is C15H13BrN2O. The van der Waals surface area contributed by atoms with E-state index < -0.39 is 0 Å². The highest BCUT2D eigenvalue weighted by molar-refractivity contribution is 9.10. The molecule has 1 heterocycles. The lowest BCUT2D eigenvalue weighted by Gasteiger charge is -2.04. The highest BCUT2D eigenvalue weighted by atomic mass is 79.9. The Labute approximate surface area is 119 Å². The molecule has 19 heavy (non-hydrogen) atoms. The third kappa shape index (κ3) is 2.12. The smallest absolute Gasteiger partial charge is 0.295 e. The maximum atomic E-state index is 12.3. The molecule has 96 valence electrons. The van der Waals surface area contributed by atoms with Gasteiger partial charge < -0.3 is 0 Å². The van der Waals surface area contributed by atoms with Crippen LogP contribution < -0.4 is 5.69 Å². The van der Waals surface area contributed by atoms with Gasteiger partial charge in [0.05, 0.1) is 17.6 Å². The second kappa shape index (κ2) is 4.70. The van der Waals surface area contributed by atoms with Crippen LogP contribution in [-0.2, 0) is 13.6 Å². The van der Waals surface area contributed by atoms with Gasteiger partial charge >= 0.3 is 5.69 Å². The summed E-state index contributed by atoms with van der Waals surface area (Å²) in [6, 6.07) is 15.9. The van der Waals surface area contributed by atoms with Gasteiger partial charge in [-0.25, -0.2) is 4.79 Å². The molecule has 0 saturated heterocycles. The van der Waals surface area contributed by atoms with Gasteiger partial charge in [-0.1, -0.05) is 40.2 Å². The van der Waals surface area contributed by atoms with Crippen LogP contribution in [0, 0.1) is 0 Å². The number of hydrogen-bond donors (Lipinski definition) is 0. The number of rotatable bonds is 2. The van der Waals surface area contributed by atoms with Crippen molar-refractivity contribution in [2.75, 3.05) is 0 Å². The van der Waals surface area contributed by atoms with Crippen LogP contribution in [0.15, 0.2) is 57.8 Å². The van der Waals surface area contributed by atoms with Crippen LogP contribution in [0.4, 0.5) is 0 Å². The van der Waals surface area contributed by atoms with E-state index in [2.05, 4.69) is 15.9 Å². The Balaban J connectivity index is 2.16. The third-order valence-corrected chi connectivity index (χ3v) is 3.77. The van der Waals surface area contributed by atoms with Crippen LogP contribution in [0.5, 0.6) is 0 Å². The average Bonchev–Trinajstić information content (AvgIpc) is 2.65. The monoisotopic (exact) mass is 316 g/mol. The molecule has 0 N–H and O–H groups in total. The second-order valence-electron chi connectivity index (χ2n) is 4.55. The van der Waals surface area contributed by atoms with E-state index in [0.717, 1.165) is 21.1 Å². The van der Waals surface area contributed by atoms with E-state index in [-0.39, 0.29) is 5.69 Å². The Morgan fingerprint density at radius 2 is 1.79 bits per heavy atom. The van der Waals surface area contributed by atoms with Gasteiger partial charge in [-0.3, -0.25) is 9.13 Å². The largest absolute Gasteiger partial charge is 0.329 e. The molecule has 0 fully saturated rings. The van der Waals surface area contributed by atoms with Crippen LogP contribution in [-0.4, -0.2) is 9.13 Å². The van der Waals surface area contributed by atoms with E-state index in [1.165, 1.54) is 0 Å². The molecule has 0 radical (unpaired) electrons. The molecule has 0 aliphatic rings. The fourth-order valence-electron chi connectivity index (χ4n) is 2.33. The minimum absolute atomic E-state index is 0.0150. The number of imidazole rings is 1. The molecule has 0 unspecified atom stereocenters. The average molecular weight is 317 g/mol. The van der Waals surface area contributed by atoms with E-state index in [1.54, 1.807) is 9.13 Å². The van der Waals surface area contributed by atoms with Crippen LogP contribution >= 0.6 is 15.9 Å². The third-order valence-electron chi connectivity index (χ3n) is 3.28. The number of para-hydroxylation sites is 2. The SMILES string of the molecule is Cn1c(=O)n(Cc2cccc(Br)c2)c2ccccc21. The maximum Gasteiger partial charge on any atom is 0.329 e. The molecule has 0 atom stereocenters. The van der Waals surface area contributed by atoms with Crippen LogP contribution in [0.25, 0.3) is 11.0 Å². The molecule has 0 saturated carbocycles. The molecule has 3 aromatic rings. The number of aryl methyl sites for hydroxylation is 1. The van der Waals surface area contributed by atoms with E-state index in [9.17, 15) is 4.79 Å². The van der Waals surface area contributed by atoms with Crippen molar-refractivity contribution in [1.29, 1.82) is 0 Å². The Morgan fingerprint density at radius 1 is 1.05 bits per heavy atom. The summed E-state index contributed by atoms with van der Waals surface area (Å²) in [5, 5.41) is 0. The van der Waals surface area contributed by atoms with Crippen molar-refractivity contribution < 1.29 is 0 Å². The minimum Gasteiger partial charge on any atom is -0.295 e. The number of nitrogens with zero attached hydrogens (tertiary/aromatic N) is 2. The lowest BCUT2D eigenvalue weighted by molar-refractivity contribution is 0.736. The summed E-state index contributed by atoms with van der Waals surface area (Å²) < 4.78 is 4.52. The van der Waals surface area contributed by atoms with Crippen molar-refractivity contribution in [3.8, 4) is 0 Å². The van der Waals surface area contributed by atoms with Gasteiger partial charge in [0, 0.05) is 11.5 Å². The zero-order chi connectivity index (χ0) is 13.4. The normalized spacial score (nSPS) is 11.1. The fraction of sp³-hybridized carbons (Fsp3) is 0.133. The van der Waals surface area contributed by atoms with E-state index in [0.29, 0.717) is 6.54 Å². The first-order valence-electron chi connectivity index (χ1n) is 6.05. The summed E-state index contributed by atoms with van der Waals surface area (Å²) in [5.74, 6) is 0. The van der Waals surface area contributed by atoms with E-state index >= 15 is 0 Å². The van der Waals surface area contributed by atoms with Gasteiger partial charge in [0.2, 0.25) is 0 Å². The number of halogens is 1. The standard InChI is InChI=1S/C15H13BrN2O/c1-17-13-7-2-3-8-14(13)18(15(17)19)10-11-5-4-6-12(16)9-11/h2-9H,10H2,1H3. The Morgan fingerprint density at radius 3 is 2.53 bits per heavy atom. The molecule has 3 rings (SSSR count). The molecular weight excluding hydrogens is 304 g/mol. The van der Waals surface area contributed by atoms with Crippen molar-refractivity contribution in [3.63, 3.8) is 0 Å². The maximum absolute atomic E-state index is 12.3. The van der Waals surface area contributed by atoms with E-state index in [4.69, 9.17) is 0 Å². The number of fused-ring (bicyclic) bond motifs is 1. The summed E-state index contributed by atoms with van der Waals surface area (Å²) in [7, 11) is 1.81. The molecule has 4 heteroatoms. The summed E-state index contributed by atoms with van der Waals surface area (Å²) in [4.78, 5) is 12.3. The first kappa shape index (κ1) is 12.2. The van der Waals surface area contributed by atoms with Gasteiger partial charge in [0.15, 0.2) is 0 Å². The van der Waals surface area contributed by atoms with Crippen LogP contribution in [0.2, 0.25) is 0 Å². The second-order valence-corrected chi connectivity index (χ2v) is 5.46. The van der Waals surface area contributed by atoms with Crippen LogP contribution in [0.1, 0.15) is 5.56 Å². The molecule has 3 nitrogen and oxygen atoms in total. The lowest BCUT2D eigenvalue weighted by atomic mass is 10.2. The van der Waals surface area contributed by atoms with Crippen molar-refractivity contribution >= 4 is 27.0 Å². The fourth-order valence-corrected chi connectivity index (χ4v) is 2.78. The molecule has 0 bridgehead atoms.